The summed E-state index contributed by atoms with van der Waals surface area (Å²) in [5.74, 6) is 2.88. The normalized spacial score (nSPS) is 12.3. The first-order valence-electron chi connectivity index (χ1n) is 10.8. The van der Waals surface area contributed by atoms with Crippen LogP contribution >= 0.6 is 25.3 Å². The lowest BCUT2D eigenvalue weighted by molar-refractivity contribution is 0.288. The van der Waals surface area contributed by atoms with E-state index in [1.54, 1.807) is 0 Å². The standard InChI is InChI=1S/C26H36O2S2/c1-17(2)11-13-27-23-9-7-19(5)15-21(23)25(29)26(30)22-16-20(6)8-10-24(22)28-14-12-18(3)4/h7-10,15-18,29-30H,11-14H2,1-6H3/b26-25-. The zero-order valence-corrected chi connectivity index (χ0v) is 20.9. The van der Waals surface area contributed by atoms with Crippen molar-refractivity contribution in [1.82, 2.24) is 0 Å². The SMILES string of the molecule is Cc1ccc(OCCC(C)C)c(/C(S)=C(/S)c2cc(C)ccc2OCCC(C)C)c1. The van der Waals surface area contributed by atoms with E-state index in [4.69, 9.17) is 34.7 Å². The molecule has 0 saturated carbocycles. The van der Waals surface area contributed by atoms with E-state index in [1.165, 1.54) is 0 Å². The second-order valence-corrected chi connectivity index (χ2v) is 9.65. The lowest BCUT2D eigenvalue weighted by Gasteiger charge is -2.17. The van der Waals surface area contributed by atoms with Crippen LogP contribution in [-0.4, -0.2) is 13.2 Å². The number of aryl methyl sites for hydroxylation is 2. The lowest BCUT2D eigenvalue weighted by atomic mass is 10.1. The van der Waals surface area contributed by atoms with E-state index in [-0.39, 0.29) is 0 Å². The van der Waals surface area contributed by atoms with Gasteiger partial charge in [0.05, 0.1) is 13.2 Å². The summed E-state index contributed by atoms with van der Waals surface area (Å²) in [6.45, 7) is 14.3. The first-order valence-corrected chi connectivity index (χ1v) is 11.7. The number of thiol groups is 2. The monoisotopic (exact) mass is 444 g/mol. The summed E-state index contributed by atoms with van der Waals surface area (Å²) in [5.41, 5.74) is 4.24. The molecule has 0 N–H and O–H groups in total. The number of benzene rings is 2. The molecule has 0 aliphatic heterocycles. The Bertz CT molecular complexity index is 798. The fourth-order valence-corrected chi connectivity index (χ4v) is 3.56. The third-order valence-electron chi connectivity index (χ3n) is 4.91. The van der Waals surface area contributed by atoms with Crippen molar-refractivity contribution in [2.45, 2.75) is 54.4 Å². The van der Waals surface area contributed by atoms with Gasteiger partial charge >= 0.3 is 0 Å². The van der Waals surface area contributed by atoms with Crippen molar-refractivity contribution in [1.29, 1.82) is 0 Å². The van der Waals surface area contributed by atoms with Crippen molar-refractivity contribution in [2.75, 3.05) is 13.2 Å². The molecule has 0 heterocycles. The molecule has 30 heavy (non-hydrogen) atoms. The van der Waals surface area contributed by atoms with Gasteiger partial charge in [0.15, 0.2) is 0 Å². The molecule has 4 heteroatoms. The highest BCUT2D eigenvalue weighted by molar-refractivity contribution is 7.96. The molecule has 2 aromatic carbocycles. The minimum atomic E-state index is 0.600. The molecule has 0 aliphatic carbocycles. The first-order chi connectivity index (χ1) is 14.2. The number of rotatable bonds is 10. The fraction of sp³-hybridized carbons (Fsp3) is 0.462. The Labute approximate surface area is 193 Å². The average Bonchev–Trinajstić information content (AvgIpc) is 2.68. The summed E-state index contributed by atoms with van der Waals surface area (Å²) >= 11 is 9.76. The third kappa shape index (κ3) is 7.31. The average molecular weight is 445 g/mol. The molecule has 0 aliphatic rings. The van der Waals surface area contributed by atoms with Crippen LogP contribution in [0.15, 0.2) is 36.4 Å². The van der Waals surface area contributed by atoms with Gasteiger partial charge in [0.25, 0.3) is 0 Å². The van der Waals surface area contributed by atoms with Gasteiger partial charge in [-0.25, -0.2) is 0 Å². The Morgan fingerprint density at radius 1 is 0.700 bits per heavy atom. The van der Waals surface area contributed by atoms with Crippen LogP contribution in [0.1, 0.15) is 62.8 Å². The van der Waals surface area contributed by atoms with Gasteiger partial charge in [0.1, 0.15) is 11.5 Å². The van der Waals surface area contributed by atoms with Gasteiger partial charge < -0.3 is 9.47 Å². The van der Waals surface area contributed by atoms with Crippen molar-refractivity contribution in [2.24, 2.45) is 11.8 Å². The maximum atomic E-state index is 6.11. The van der Waals surface area contributed by atoms with E-state index in [9.17, 15) is 0 Å². The van der Waals surface area contributed by atoms with Gasteiger partial charge in [-0.2, -0.15) is 0 Å². The summed E-state index contributed by atoms with van der Waals surface area (Å²) in [5, 5.41) is 0. The largest absolute Gasteiger partial charge is 0.493 e. The van der Waals surface area contributed by atoms with Gasteiger partial charge in [-0.05, 0) is 62.8 Å². The zero-order valence-electron chi connectivity index (χ0n) is 19.2. The molecule has 0 spiro atoms. The Morgan fingerprint density at radius 3 is 1.40 bits per heavy atom. The summed E-state index contributed by atoms with van der Waals surface area (Å²) in [6.07, 6.45) is 2.02. The van der Waals surface area contributed by atoms with Crippen molar-refractivity contribution in [3.05, 3.63) is 58.7 Å². The Balaban J connectivity index is 2.40. The molecule has 0 aromatic heterocycles. The highest BCUT2D eigenvalue weighted by atomic mass is 32.1. The van der Waals surface area contributed by atoms with Crippen LogP contribution in [0.4, 0.5) is 0 Å². The molecule has 164 valence electrons. The van der Waals surface area contributed by atoms with Gasteiger partial charge in [-0.3, -0.25) is 0 Å². The Morgan fingerprint density at radius 2 is 1.07 bits per heavy atom. The Kier molecular flexibility index (Phi) is 9.70. The summed E-state index contributed by atoms with van der Waals surface area (Å²) < 4.78 is 12.2. The second kappa shape index (κ2) is 11.8. The number of hydrogen-bond acceptors (Lipinski definition) is 4. The van der Waals surface area contributed by atoms with Crippen LogP contribution < -0.4 is 9.47 Å². The molecular formula is C26H36O2S2. The van der Waals surface area contributed by atoms with Crippen LogP contribution in [0.25, 0.3) is 9.81 Å². The van der Waals surface area contributed by atoms with Crippen LogP contribution in [0.3, 0.4) is 0 Å². The molecule has 2 rings (SSSR count). The molecule has 0 amide bonds. The molecule has 0 atom stereocenters. The first kappa shape index (κ1) is 24.7. The predicted molar refractivity (Wildman–Crippen MR) is 137 cm³/mol. The van der Waals surface area contributed by atoms with Gasteiger partial charge in [-0.1, -0.05) is 51.0 Å². The molecule has 2 aromatic rings. The zero-order chi connectivity index (χ0) is 22.3. The molecule has 0 saturated heterocycles. The van der Waals surface area contributed by atoms with Crippen LogP contribution in [0, 0.1) is 25.7 Å². The van der Waals surface area contributed by atoms with Crippen molar-refractivity contribution in [3.8, 4) is 11.5 Å². The van der Waals surface area contributed by atoms with Crippen molar-refractivity contribution >= 4 is 35.1 Å². The quantitative estimate of drug-likeness (QED) is 0.287. The molecule has 0 radical (unpaired) electrons. The van der Waals surface area contributed by atoms with Crippen LogP contribution in [0.5, 0.6) is 11.5 Å². The summed E-state index contributed by atoms with van der Waals surface area (Å²) in [7, 11) is 0. The maximum absolute atomic E-state index is 6.11. The maximum Gasteiger partial charge on any atom is 0.127 e. The summed E-state index contributed by atoms with van der Waals surface area (Å²) in [4.78, 5) is 1.58. The van der Waals surface area contributed by atoms with Crippen molar-refractivity contribution in [3.63, 3.8) is 0 Å². The second-order valence-electron chi connectivity index (χ2n) is 8.76. The van der Waals surface area contributed by atoms with Gasteiger partial charge in [0, 0.05) is 20.9 Å². The van der Waals surface area contributed by atoms with Gasteiger partial charge in [-0.15, -0.1) is 25.3 Å². The van der Waals surface area contributed by atoms with E-state index in [2.05, 4.69) is 65.8 Å². The van der Waals surface area contributed by atoms with Crippen LogP contribution in [-0.2, 0) is 0 Å². The highest BCUT2D eigenvalue weighted by Crippen LogP contribution is 2.40. The Hall–Kier alpha value is -1.52. The molecule has 0 fully saturated rings. The fourth-order valence-electron chi connectivity index (χ4n) is 2.97. The number of ether oxygens (including phenoxy) is 2. The van der Waals surface area contributed by atoms with Gasteiger partial charge in [0.2, 0.25) is 0 Å². The number of hydrogen-bond donors (Lipinski definition) is 2. The molecule has 0 unspecified atom stereocenters. The van der Waals surface area contributed by atoms with E-state index in [0.717, 1.165) is 56.4 Å². The summed E-state index contributed by atoms with van der Waals surface area (Å²) in [6, 6.07) is 12.4. The van der Waals surface area contributed by atoms with E-state index in [1.807, 2.05) is 12.1 Å². The van der Waals surface area contributed by atoms with E-state index >= 15 is 0 Å². The minimum absolute atomic E-state index is 0.600. The highest BCUT2D eigenvalue weighted by Gasteiger charge is 2.15. The van der Waals surface area contributed by atoms with Crippen molar-refractivity contribution < 1.29 is 9.47 Å². The molecule has 2 nitrogen and oxygen atoms in total. The topological polar surface area (TPSA) is 18.5 Å². The van der Waals surface area contributed by atoms with Crippen LogP contribution in [0.2, 0.25) is 0 Å². The smallest absolute Gasteiger partial charge is 0.127 e. The van der Waals surface area contributed by atoms with E-state index in [0.29, 0.717) is 25.0 Å². The lowest BCUT2D eigenvalue weighted by Crippen LogP contribution is -2.04. The third-order valence-corrected chi connectivity index (χ3v) is 6.02. The molecular weight excluding hydrogens is 408 g/mol. The molecule has 0 bridgehead atoms. The minimum Gasteiger partial charge on any atom is -0.493 e. The predicted octanol–water partition coefficient (Wildman–Crippen LogP) is 7.84. The van der Waals surface area contributed by atoms with E-state index < -0.39 is 0 Å².